The van der Waals surface area contributed by atoms with Gasteiger partial charge in [-0.05, 0) is 11.5 Å². The van der Waals surface area contributed by atoms with Gasteiger partial charge in [-0.1, -0.05) is 18.2 Å². The van der Waals surface area contributed by atoms with Crippen LogP contribution in [0, 0.1) is 0 Å². The molecule has 2 heterocycles. The minimum absolute atomic E-state index is 1.15. The number of rotatable bonds is 0. The third kappa shape index (κ3) is 4.68. The highest BCUT2D eigenvalue weighted by molar-refractivity contribution is 8.02. The van der Waals surface area contributed by atoms with E-state index < -0.39 is 0 Å². The first-order chi connectivity index (χ1) is 6.00. The molecule has 0 amide bonds. The Balaban J connectivity index is 0.000000120. The summed E-state index contributed by atoms with van der Waals surface area (Å²) in [6.45, 7) is 0. The zero-order valence-corrected chi connectivity index (χ0v) is 7.45. The molecule has 62 valence electrons. The molecule has 0 aromatic carbocycles. The normalized spacial score (nSPS) is 13.3. The van der Waals surface area contributed by atoms with E-state index in [1.807, 2.05) is 17.8 Å². The highest BCUT2D eigenvalue weighted by atomic mass is 32.2. The van der Waals surface area contributed by atoms with Crippen molar-refractivity contribution >= 4 is 11.8 Å². The van der Waals surface area contributed by atoms with Crippen LogP contribution in [0.1, 0.15) is 0 Å². The molecule has 3 heteroatoms. The zero-order valence-electron chi connectivity index (χ0n) is 6.63. The van der Waals surface area contributed by atoms with Crippen LogP contribution in [0.5, 0.6) is 0 Å². The molecule has 0 saturated carbocycles. The molecule has 1 aliphatic heterocycles. The first-order valence-electron chi connectivity index (χ1n) is 3.63. The molecule has 2 nitrogen and oxygen atoms in total. The number of nitrogens with zero attached hydrogens (tertiary/aromatic N) is 2. The molecule has 0 saturated heterocycles. The maximum atomic E-state index is 3.67. The van der Waals surface area contributed by atoms with Gasteiger partial charge in [0.05, 0.1) is 0 Å². The van der Waals surface area contributed by atoms with Crippen molar-refractivity contribution in [3.8, 4) is 0 Å². The Morgan fingerprint density at radius 1 is 1.08 bits per heavy atom. The van der Waals surface area contributed by atoms with Gasteiger partial charge in [0.25, 0.3) is 0 Å². The smallest absolute Gasteiger partial charge is 0.115 e. The predicted molar refractivity (Wildman–Crippen MR) is 52.8 cm³/mol. The van der Waals surface area contributed by atoms with Crippen LogP contribution in [-0.4, -0.2) is 15.7 Å². The second-order valence-electron chi connectivity index (χ2n) is 1.99. The molecule has 2 rings (SSSR count). The summed E-state index contributed by atoms with van der Waals surface area (Å²) in [7, 11) is 0. The average molecular weight is 178 g/mol. The molecular formula is C9H10N2S. The first-order valence-corrected chi connectivity index (χ1v) is 4.68. The van der Waals surface area contributed by atoms with Gasteiger partial charge in [0.15, 0.2) is 0 Å². The van der Waals surface area contributed by atoms with Gasteiger partial charge in [-0.3, -0.25) is 0 Å². The summed E-state index contributed by atoms with van der Waals surface area (Å²) in [5.41, 5.74) is 0. The molecule has 0 unspecified atom stereocenters. The van der Waals surface area contributed by atoms with Crippen molar-refractivity contribution in [2.75, 3.05) is 5.75 Å². The second kappa shape index (κ2) is 6.61. The number of thioether (sulfide) groups is 1. The van der Waals surface area contributed by atoms with Crippen molar-refractivity contribution in [3.05, 3.63) is 48.4 Å². The highest BCUT2D eigenvalue weighted by Gasteiger charge is 1.77. The molecule has 12 heavy (non-hydrogen) atoms. The molecule has 0 aliphatic carbocycles. The number of allylic oxidation sites excluding steroid dienone is 2. The van der Waals surface area contributed by atoms with Gasteiger partial charge in [-0.25, -0.2) is 9.97 Å². The van der Waals surface area contributed by atoms with E-state index in [0.29, 0.717) is 0 Å². The summed E-state index contributed by atoms with van der Waals surface area (Å²) in [6.07, 6.45) is 11.1. The fourth-order valence-corrected chi connectivity index (χ4v) is 1.13. The SMILES string of the molecule is C1=CCSC=C1.c1cncnc1. The van der Waals surface area contributed by atoms with Gasteiger partial charge in [-0.2, -0.15) is 0 Å². The van der Waals surface area contributed by atoms with Crippen LogP contribution in [0.15, 0.2) is 48.4 Å². The van der Waals surface area contributed by atoms with E-state index in [1.165, 1.54) is 6.33 Å². The van der Waals surface area contributed by atoms with Crippen LogP contribution in [0.2, 0.25) is 0 Å². The molecule has 0 fully saturated rings. The molecule has 1 aliphatic rings. The van der Waals surface area contributed by atoms with Gasteiger partial charge >= 0.3 is 0 Å². The maximum absolute atomic E-state index is 3.67. The van der Waals surface area contributed by atoms with Crippen molar-refractivity contribution in [1.29, 1.82) is 0 Å². The lowest BCUT2D eigenvalue weighted by molar-refractivity contribution is 1.17. The van der Waals surface area contributed by atoms with E-state index >= 15 is 0 Å². The van der Waals surface area contributed by atoms with Gasteiger partial charge in [-0.15, -0.1) is 11.8 Å². The summed E-state index contributed by atoms with van der Waals surface area (Å²) in [6, 6.07) is 1.78. The Kier molecular flexibility index (Phi) is 4.96. The monoisotopic (exact) mass is 178 g/mol. The Morgan fingerprint density at radius 3 is 2.08 bits per heavy atom. The lowest BCUT2D eigenvalue weighted by atomic mass is 10.5. The van der Waals surface area contributed by atoms with Crippen molar-refractivity contribution in [3.63, 3.8) is 0 Å². The molecular weight excluding hydrogens is 168 g/mol. The quantitative estimate of drug-likeness (QED) is 0.609. The number of aromatic nitrogens is 2. The molecule has 0 bridgehead atoms. The van der Waals surface area contributed by atoms with E-state index in [0.717, 1.165) is 5.75 Å². The van der Waals surface area contributed by atoms with Gasteiger partial charge in [0.1, 0.15) is 6.33 Å². The third-order valence-corrected chi connectivity index (χ3v) is 1.83. The topological polar surface area (TPSA) is 25.8 Å². The van der Waals surface area contributed by atoms with Crippen LogP contribution >= 0.6 is 11.8 Å². The molecule has 1 aromatic heterocycles. The highest BCUT2D eigenvalue weighted by Crippen LogP contribution is 2.05. The van der Waals surface area contributed by atoms with Gasteiger partial charge < -0.3 is 0 Å². The number of hydrogen-bond donors (Lipinski definition) is 0. The first kappa shape index (κ1) is 9.00. The molecule has 0 atom stereocenters. The van der Waals surface area contributed by atoms with Crippen LogP contribution in [0.4, 0.5) is 0 Å². The van der Waals surface area contributed by atoms with Crippen LogP contribution < -0.4 is 0 Å². The van der Waals surface area contributed by atoms with E-state index in [-0.39, 0.29) is 0 Å². The standard InChI is InChI=1S/C5H6S.C4H4N2/c1-2-4-6-5-3-1;1-2-5-4-6-3-1/h1-4H,5H2;1-4H. The maximum Gasteiger partial charge on any atom is 0.115 e. The van der Waals surface area contributed by atoms with Crippen molar-refractivity contribution in [1.82, 2.24) is 9.97 Å². The van der Waals surface area contributed by atoms with Gasteiger partial charge in [0.2, 0.25) is 0 Å². The predicted octanol–water partition coefficient (Wildman–Crippen LogP) is 2.28. The van der Waals surface area contributed by atoms with E-state index in [1.54, 1.807) is 18.5 Å². The van der Waals surface area contributed by atoms with Crippen LogP contribution in [-0.2, 0) is 0 Å². The third-order valence-electron chi connectivity index (χ3n) is 1.09. The van der Waals surface area contributed by atoms with Crippen molar-refractivity contribution in [2.45, 2.75) is 0 Å². The molecule has 0 N–H and O–H groups in total. The summed E-state index contributed by atoms with van der Waals surface area (Å²) < 4.78 is 0. The number of hydrogen-bond acceptors (Lipinski definition) is 3. The lowest BCUT2D eigenvalue weighted by Gasteiger charge is -1.88. The second-order valence-corrected chi connectivity index (χ2v) is 2.93. The summed E-state index contributed by atoms with van der Waals surface area (Å²) >= 11 is 1.83. The fourth-order valence-electron chi connectivity index (χ4n) is 0.599. The molecule has 0 spiro atoms. The van der Waals surface area contributed by atoms with E-state index in [4.69, 9.17) is 0 Å². The Labute approximate surface area is 76.4 Å². The zero-order chi connectivity index (χ0) is 8.49. The Bertz CT molecular complexity index is 205. The summed E-state index contributed by atoms with van der Waals surface area (Å²) in [5.74, 6) is 1.15. The van der Waals surface area contributed by atoms with Crippen molar-refractivity contribution in [2.24, 2.45) is 0 Å². The van der Waals surface area contributed by atoms with Crippen LogP contribution in [0.3, 0.4) is 0 Å². The average Bonchev–Trinajstić information content (AvgIpc) is 2.24. The molecule has 1 aromatic rings. The minimum atomic E-state index is 1.15. The van der Waals surface area contributed by atoms with E-state index in [9.17, 15) is 0 Å². The summed E-state index contributed by atoms with van der Waals surface area (Å²) in [4.78, 5) is 7.35. The Morgan fingerprint density at radius 2 is 1.92 bits per heavy atom. The molecule has 0 radical (unpaired) electrons. The minimum Gasteiger partial charge on any atom is -0.245 e. The Hall–Kier alpha value is -1.09. The van der Waals surface area contributed by atoms with Crippen molar-refractivity contribution < 1.29 is 0 Å². The largest absolute Gasteiger partial charge is 0.245 e. The fraction of sp³-hybridized carbons (Fsp3) is 0.111. The summed E-state index contributed by atoms with van der Waals surface area (Å²) in [5, 5.41) is 2.10. The lowest BCUT2D eigenvalue weighted by Crippen LogP contribution is -1.67. The van der Waals surface area contributed by atoms with Gasteiger partial charge in [0, 0.05) is 18.1 Å². The van der Waals surface area contributed by atoms with Crippen LogP contribution in [0.25, 0.3) is 0 Å². The van der Waals surface area contributed by atoms with E-state index in [2.05, 4.69) is 27.5 Å².